The second-order valence-electron chi connectivity index (χ2n) is 16.6. The molecule has 57 heavy (non-hydrogen) atoms. The Morgan fingerprint density at radius 3 is 1.21 bits per heavy atom. The van der Waals surface area contributed by atoms with Crippen molar-refractivity contribution in [2.75, 3.05) is 19.8 Å². The molecule has 0 aliphatic heterocycles. The van der Waals surface area contributed by atoms with Gasteiger partial charge in [0, 0.05) is 13.0 Å². The van der Waals surface area contributed by atoms with Crippen LogP contribution in [0.25, 0.3) is 0 Å². The molecule has 1 rings (SSSR count). The maximum absolute atomic E-state index is 12.8. The van der Waals surface area contributed by atoms with Gasteiger partial charge in [-0.05, 0) is 12.8 Å². The average Bonchev–Trinajstić information content (AvgIpc) is 3.19. The number of carbonyl (C=O) groups is 1. The summed E-state index contributed by atoms with van der Waals surface area (Å²) in [7, 11) is -5.00. The number of esters is 1. The molecule has 0 bridgehead atoms. The van der Waals surface area contributed by atoms with E-state index in [-0.39, 0.29) is 13.0 Å². The third-order valence-electron chi connectivity index (χ3n) is 11.2. The van der Waals surface area contributed by atoms with Gasteiger partial charge in [0.25, 0.3) is 0 Å². The van der Waals surface area contributed by atoms with E-state index in [4.69, 9.17) is 18.5 Å². The molecule has 13 heteroatoms. The summed E-state index contributed by atoms with van der Waals surface area (Å²) in [5, 5.41) is 50.1. The van der Waals surface area contributed by atoms with Crippen molar-refractivity contribution >= 4 is 13.8 Å². The molecular formula is C44H87O12P. The van der Waals surface area contributed by atoms with Gasteiger partial charge < -0.3 is 39.9 Å². The lowest BCUT2D eigenvalue weighted by molar-refractivity contribution is -0.220. The lowest BCUT2D eigenvalue weighted by atomic mass is 9.85. The summed E-state index contributed by atoms with van der Waals surface area (Å²) in [4.78, 5) is 23.1. The van der Waals surface area contributed by atoms with E-state index in [1.807, 2.05) is 0 Å². The molecule has 1 aliphatic rings. The molecule has 1 aliphatic carbocycles. The number of hydrogen-bond acceptors (Lipinski definition) is 11. The van der Waals surface area contributed by atoms with E-state index in [9.17, 15) is 39.8 Å². The summed E-state index contributed by atoms with van der Waals surface area (Å²) < 4.78 is 34.1. The first kappa shape index (κ1) is 54.4. The molecule has 6 unspecified atom stereocenters. The smallest absolute Gasteiger partial charge is 0.457 e. The van der Waals surface area contributed by atoms with Crippen LogP contribution in [0.1, 0.15) is 213 Å². The molecule has 0 aromatic rings. The Bertz CT molecular complexity index is 958. The Kier molecular flexibility index (Phi) is 34.4. The number of carbonyl (C=O) groups excluding carboxylic acids is 1. The number of rotatable bonds is 40. The van der Waals surface area contributed by atoms with Crippen LogP contribution in [0.4, 0.5) is 0 Å². The molecule has 0 spiro atoms. The second-order valence-corrected chi connectivity index (χ2v) is 18.0. The number of ether oxygens (including phenoxy) is 2. The van der Waals surface area contributed by atoms with Crippen LogP contribution >= 0.6 is 7.82 Å². The normalized spacial score (nSPS) is 22.7. The molecule has 0 heterocycles. The minimum absolute atomic E-state index is 0.0683. The molecular weight excluding hydrogens is 751 g/mol. The van der Waals surface area contributed by atoms with E-state index in [1.165, 1.54) is 148 Å². The molecule has 8 atom stereocenters. The standard InChI is InChI=1S/C44H87O12P/c1-3-5-7-9-11-13-15-16-17-18-19-20-21-22-23-24-26-28-30-32-34-53-35-37(55-38(45)33-31-29-27-25-14-12-10-8-6-4-2)36-54-57(51,52)56-44-42(49)40(47)39(46)41(48)43(44)50/h37,39-44,46-50H,3-36H2,1-2H3,(H,51,52)/t37-,39?,40-,41?,42?,43?,44?/m1/s1. The minimum atomic E-state index is -5.00. The van der Waals surface area contributed by atoms with Gasteiger partial charge in [0.15, 0.2) is 0 Å². The number of aliphatic hydroxyl groups excluding tert-OH is 5. The Labute approximate surface area is 346 Å². The maximum atomic E-state index is 12.8. The molecule has 340 valence electrons. The van der Waals surface area contributed by atoms with Crippen LogP contribution in [0.5, 0.6) is 0 Å². The fourth-order valence-corrected chi connectivity index (χ4v) is 8.45. The van der Waals surface area contributed by atoms with Crippen LogP contribution in [0.15, 0.2) is 0 Å². The maximum Gasteiger partial charge on any atom is 0.472 e. The van der Waals surface area contributed by atoms with Crippen molar-refractivity contribution in [1.29, 1.82) is 0 Å². The predicted octanol–water partition coefficient (Wildman–Crippen LogP) is 9.37. The highest BCUT2D eigenvalue weighted by atomic mass is 31.2. The number of phosphoric ester groups is 1. The van der Waals surface area contributed by atoms with Gasteiger partial charge in [0.05, 0.1) is 13.2 Å². The summed E-state index contributed by atoms with van der Waals surface area (Å²) >= 11 is 0. The first-order valence-electron chi connectivity index (χ1n) is 23.4. The highest BCUT2D eigenvalue weighted by Gasteiger charge is 2.51. The van der Waals surface area contributed by atoms with Crippen molar-refractivity contribution < 1.29 is 58.3 Å². The molecule has 1 saturated carbocycles. The molecule has 0 radical (unpaired) electrons. The zero-order chi connectivity index (χ0) is 42.0. The zero-order valence-corrected chi connectivity index (χ0v) is 37.1. The largest absolute Gasteiger partial charge is 0.472 e. The quantitative estimate of drug-likeness (QED) is 0.0195. The van der Waals surface area contributed by atoms with E-state index >= 15 is 0 Å². The SMILES string of the molecule is CCCCCCCCCCCCCCCCCCCCCCOC[C@H](COP(=O)(O)OC1C(O)C(O)C(O)[C@@H](O)C1O)OC(=O)CCCCCCCCCCCC. The van der Waals surface area contributed by atoms with E-state index in [0.29, 0.717) is 13.0 Å². The van der Waals surface area contributed by atoms with Crippen LogP contribution in [0.3, 0.4) is 0 Å². The molecule has 0 aromatic heterocycles. The summed E-state index contributed by atoms with van der Waals surface area (Å²) in [6, 6.07) is 0. The molecule has 1 fully saturated rings. The monoisotopic (exact) mass is 839 g/mol. The van der Waals surface area contributed by atoms with Crippen molar-refractivity contribution in [3.8, 4) is 0 Å². The topological polar surface area (TPSA) is 192 Å². The van der Waals surface area contributed by atoms with Gasteiger partial charge in [-0.2, -0.15) is 0 Å². The van der Waals surface area contributed by atoms with Gasteiger partial charge >= 0.3 is 13.8 Å². The highest BCUT2D eigenvalue weighted by molar-refractivity contribution is 7.47. The molecule has 0 amide bonds. The number of unbranched alkanes of at least 4 members (excludes halogenated alkanes) is 28. The van der Waals surface area contributed by atoms with Gasteiger partial charge in [-0.1, -0.05) is 194 Å². The van der Waals surface area contributed by atoms with Crippen LogP contribution < -0.4 is 0 Å². The van der Waals surface area contributed by atoms with Crippen molar-refractivity contribution in [3.05, 3.63) is 0 Å². The fraction of sp³-hybridized carbons (Fsp3) is 0.977. The summed E-state index contributed by atoms with van der Waals surface area (Å²) in [5.74, 6) is -0.474. The van der Waals surface area contributed by atoms with Crippen LogP contribution in [-0.4, -0.2) is 98.9 Å². The van der Waals surface area contributed by atoms with Crippen LogP contribution in [0, 0.1) is 0 Å². The van der Waals surface area contributed by atoms with E-state index < -0.39 is 63.1 Å². The number of aliphatic hydroxyl groups is 5. The van der Waals surface area contributed by atoms with Gasteiger partial charge in [-0.3, -0.25) is 13.8 Å². The van der Waals surface area contributed by atoms with Crippen LogP contribution in [0.2, 0.25) is 0 Å². The van der Waals surface area contributed by atoms with Crippen molar-refractivity contribution in [1.82, 2.24) is 0 Å². The van der Waals surface area contributed by atoms with Gasteiger partial charge in [-0.15, -0.1) is 0 Å². The van der Waals surface area contributed by atoms with Gasteiger partial charge in [-0.25, -0.2) is 4.57 Å². The van der Waals surface area contributed by atoms with Crippen LogP contribution in [-0.2, 0) is 27.9 Å². The van der Waals surface area contributed by atoms with E-state index in [0.717, 1.165) is 38.5 Å². The van der Waals surface area contributed by atoms with E-state index in [1.54, 1.807) is 0 Å². The predicted molar refractivity (Wildman–Crippen MR) is 226 cm³/mol. The summed E-state index contributed by atoms with van der Waals surface area (Å²) in [6.45, 7) is 4.27. The van der Waals surface area contributed by atoms with Gasteiger partial charge in [0.1, 0.15) is 42.7 Å². The van der Waals surface area contributed by atoms with Crippen molar-refractivity contribution in [2.45, 2.75) is 256 Å². The second kappa shape index (κ2) is 36.0. The fourth-order valence-electron chi connectivity index (χ4n) is 7.47. The van der Waals surface area contributed by atoms with E-state index in [2.05, 4.69) is 13.8 Å². The Balaban J connectivity index is 2.31. The summed E-state index contributed by atoms with van der Waals surface area (Å²) in [5.41, 5.74) is 0. The number of phosphoric acid groups is 1. The molecule has 12 nitrogen and oxygen atoms in total. The molecule has 0 aromatic carbocycles. The average molecular weight is 839 g/mol. The summed E-state index contributed by atoms with van der Waals surface area (Å²) in [6.07, 6.45) is 24.7. The third-order valence-corrected chi connectivity index (χ3v) is 12.2. The Morgan fingerprint density at radius 2 is 0.825 bits per heavy atom. The first-order valence-corrected chi connectivity index (χ1v) is 24.9. The Hall–Kier alpha value is -0.660. The minimum Gasteiger partial charge on any atom is -0.457 e. The zero-order valence-electron chi connectivity index (χ0n) is 36.2. The van der Waals surface area contributed by atoms with Crippen molar-refractivity contribution in [2.24, 2.45) is 0 Å². The molecule has 0 saturated heterocycles. The van der Waals surface area contributed by atoms with Gasteiger partial charge in [0.2, 0.25) is 0 Å². The first-order chi connectivity index (χ1) is 27.5. The molecule has 6 N–H and O–H groups in total. The lowest BCUT2D eigenvalue weighted by Crippen LogP contribution is -2.64. The highest BCUT2D eigenvalue weighted by Crippen LogP contribution is 2.47. The number of hydrogen-bond donors (Lipinski definition) is 6. The third kappa shape index (κ3) is 28.5. The Morgan fingerprint density at radius 1 is 0.491 bits per heavy atom. The lowest BCUT2D eigenvalue weighted by Gasteiger charge is -2.41. The van der Waals surface area contributed by atoms with Crippen molar-refractivity contribution in [3.63, 3.8) is 0 Å².